The summed E-state index contributed by atoms with van der Waals surface area (Å²) in [6.45, 7) is 5.39. The zero-order valence-corrected chi connectivity index (χ0v) is 20.5. The number of likely N-dealkylation sites (tertiary alicyclic amines) is 1. The summed E-state index contributed by atoms with van der Waals surface area (Å²) in [4.78, 5) is 42.5. The molecule has 2 amide bonds. The van der Waals surface area contributed by atoms with E-state index in [0.29, 0.717) is 5.52 Å². The van der Waals surface area contributed by atoms with Crippen molar-refractivity contribution in [3.63, 3.8) is 0 Å². The summed E-state index contributed by atoms with van der Waals surface area (Å²) in [7, 11) is 0. The monoisotopic (exact) mass is 495 g/mol. The summed E-state index contributed by atoms with van der Waals surface area (Å²) in [5.41, 5.74) is 1.44. The summed E-state index contributed by atoms with van der Waals surface area (Å²) < 4.78 is 24.7. The molecule has 0 radical (unpaired) electrons. The van der Waals surface area contributed by atoms with E-state index in [1.54, 1.807) is 33.0 Å². The molecule has 0 bridgehead atoms. The minimum absolute atomic E-state index is 0.0779. The number of aromatic amines is 1. The van der Waals surface area contributed by atoms with Gasteiger partial charge in [-0.25, -0.2) is 14.0 Å². The number of alkyl carbamates (subject to hydrolysis) is 1. The van der Waals surface area contributed by atoms with E-state index in [-0.39, 0.29) is 37.7 Å². The second kappa shape index (κ2) is 10.4. The van der Waals surface area contributed by atoms with Crippen LogP contribution >= 0.6 is 0 Å². The van der Waals surface area contributed by atoms with Crippen LogP contribution in [0.2, 0.25) is 0 Å². The van der Waals surface area contributed by atoms with Gasteiger partial charge in [-0.3, -0.25) is 9.69 Å². The number of hydrogen-bond donors (Lipinski definition) is 2. The van der Waals surface area contributed by atoms with E-state index in [0.717, 1.165) is 16.5 Å². The number of amides is 2. The lowest BCUT2D eigenvalue weighted by molar-refractivity contribution is -0.117. The predicted molar refractivity (Wildman–Crippen MR) is 132 cm³/mol. The fourth-order valence-electron chi connectivity index (χ4n) is 4.44. The van der Waals surface area contributed by atoms with Gasteiger partial charge in [-0.2, -0.15) is 0 Å². The maximum absolute atomic E-state index is 13.8. The fraction of sp³-hybridized carbons (Fsp3) is 0.370. The summed E-state index contributed by atoms with van der Waals surface area (Å²) in [6, 6.07) is 13.1. The SMILES string of the molecule is CC(C)(C)OC(=O)N1CC(=O)CC1[C@@H](CNC(=O)OCc1ccccc1)c1c[nH]c2cc(F)ccc12. The van der Waals surface area contributed by atoms with Gasteiger partial charge < -0.3 is 19.8 Å². The zero-order chi connectivity index (χ0) is 25.9. The van der Waals surface area contributed by atoms with E-state index >= 15 is 0 Å². The molecule has 0 spiro atoms. The van der Waals surface area contributed by atoms with Crippen molar-refractivity contribution in [1.29, 1.82) is 0 Å². The minimum atomic E-state index is -0.736. The number of fused-ring (bicyclic) bond motifs is 1. The summed E-state index contributed by atoms with van der Waals surface area (Å²) in [5.74, 6) is -0.970. The van der Waals surface area contributed by atoms with Gasteiger partial charge in [0.25, 0.3) is 0 Å². The van der Waals surface area contributed by atoms with E-state index in [9.17, 15) is 18.8 Å². The number of ketones is 1. The average molecular weight is 496 g/mol. The Bertz CT molecular complexity index is 1250. The van der Waals surface area contributed by atoms with Gasteiger partial charge in [0.05, 0.1) is 12.6 Å². The molecule has 36 heavy (non-hydrogen) atoms. The largest absolute Gasteiger partial charge is 0.445 e. The molecule has 2 heterocycles. The Morgan fingerprint density at radius 3 is 2.67 bits per heavy atom. The molecule has 8 nitrogen and oxygen atoms in total. The highest BCUT2D eigenvalue weighted by Crippen LogP contribution is 2.35. The van der Waals surface area contributed by atoms with Crippen LogP contribution in [0.25, 0.3) is 10.9 Å². The van der Waals surface area contributed by atoms with Crippen LogP contribution in [0, 0.1) is 5.82 Å². The fourth-order valence-corrected chi connectivity index (χ4v) is 4.44. The number of hydrogen-bond acceptors (Lipinski definition) is 5. The third-order valence-electron chi connectivity index (χ3n) is 6.03. The lowest BCUT2D eigenvalue weighted by Gasteiger charge is -2.32. The number of carbonyl (C=O) groups is 3. The van der Waals surface area contributed by atoms with E-state index in [1.165, 1.54) is 17.0 Å². The van der Waals surface area contributed by atoms with Crippen molar-refractivity contribution in [1.82, 2.24) is 15.2 Å². The molecule has 4 rings (SSSR count). The van der Waals surface area contributed by atoms with Crippen molar-refractivity contribution in [3.05, 3.63) is 71.7 Å². The normalized spacial score (nSPS) is 16.7. The Kier molecular flexibility index (Phi) is 7.28. The number of nitrogens with one attached hydrogen (secondary N) is 2. The Labute approximate surface area is 208 Å². The number of benzene rings is 2. The first-order chi connectivity index (χ1) is 17.1. The van der Waals surface area contributed by atoms with Crippen molar-refractivity contribution >= 4 is 28.9 Å². The molecule has 1 saturated heterocycles. The van der Waals surface area contributed by atoms with Crippen LogP contribution in [0.5, 0.6) is 0 Å². The summed E-state index contributed by atoms with van der Waals surface area (Å²) in [6.07, 6.45) is 0.615. The van der Waals surface area contributed by atoms with Crippen LogP contribution in [0.3, 0.4) is 0 Å². The Morgan fingerprint density at radius 1 is 1.19 bits per heavy atom. The molecule has 1 fully saturated rings. The number of aromatic nitrogens is 1. The van der Waals surface area contributed by atoms with Gasteiger partial charge >= 0.3 is 12.2 Å². The third kappa shape index (κ3) is 6.02. The Morgan fingerprint density at radius 2 is 1.94 bits per heavy atom. The molecular weight excluding hydrogens is 465 g/mol. The molecule has 3 aromatic rings. The predicted octanol–water partition coefficient (Wildman–Crippen LogP) is 4.90. The van der Waals surface area contributed by atoms with Crippen molar-refractivity contribution < 1.29 is 28.2 Å². The molecule has 2 N–H and O–H groups in total. The first-order valence-electron chi connectivity index (χ1n) is 11.8. The van der Waals surface area contributed by atoms with Gasteiger partial charge in [-0.05, 0) is 50.1 Å². The molecule has 2 aromatic carbocycles. The number of halogens is 1. The van der Waals surface area contributed by atoms with Crippen LogP contribution in [0.4, 0.5) is 14.0 Å². The van der Waals surface area contributed by atoms with E-state index in [4.69, 9.17) is 9.47 Å². The van der Waals surface area contributed by atoms with Gasteiger partial charge in [0.15, 0.2) is 5.78 Å². The van der Waals surface area contributed by atoms with Crippen LogP contribution in [-0.2, 0) is 20.9 Å². The molecular formula is C27H30FN3O5. The third-order valence-corrected chi connectivity index (χ3v) is 6.03. The maximum Gasteiger partial charge on any atom is 0.410 e. The lowest BCUT2D eigenvalue weighted by atomic mass is 9.89. The van der Waals surface area contributed by atoms with Crippen LogP contribution < -0.4 is 5.32 Å². The number of Topliss-reactive ketones (excluding diaryl/α,β-unsaturated/α-hetero) is 1. The van der Waals surface area contributed by atoms with Crippen LogP contribution in [0.15, 0.2) is 54.7 Å². The number of nitrogens with zero attached hydrogens (tertiary/aromatic N) is 1. The molecule has 0 saturated carbocycles. The Hall–Kier alpha value is -3.88. The van der Waals surface area contributed by atoms with Crippen molar-refractivity contribution in [3.8, 4) is 0 Å². The first-order valence-corrected chi connectivity index (χ1v) is 11.8. The first kappa shape index (κ1) is 25.2. The van der Waals surface area contributed by atoms with E-state index in [1.807, 2.05) is 30.3 Å². The maximum atomic E-state index is 13.8. The standard InChI is InChI=1S/C27H30FN3O5/c1-27(2,3)36-26(34)31-15-19(32)12-24(31)22(21-13-29-23-11-18(28)9-10-20(21)23)14-30-25(33)35-16-17-7-5-4-6-8-17/h4-11,13,22,24,29H,12,14-16H2,1-3H3,(H,30,33)/t22-,24?/m0/s1. The molecule has 0 aliphatic carbocycles. The molecule has 190 valence electrons. The number of ether oxygens (including phenoxy) is 2. The van der Waals surface area contributed by atoms with Gasteiger partial charge in [0.2, 0.25) is 0 Å². The highest BCUT2D eigenvalue weighted by Gasteiger charge is 2.42. The Balaban J connectivity index is 1.58. The van der Waals surface area contributed by atoms with Crippen molar-refractivity contribution in [2.75, 3.05) is 13.1 Å². The quantitative estimate of drug-likeness (QED) is 0.507. The zero-order valence-electron chi connectivity index (χ0n) is 20.5. The summed E-state index contributed by atoms with van der Waals surface area (Å²) >= 11 is 0. The molecule has 1 unspecified atom stereocenters. The van der Waals surface area contributed by atoms with Gasteiger partial charge in [0.1, 0.15) is 18.0 Å². The smallest absolute Gasteiger partial charge is 0.410 e. The van der Waals surface area contributed by atoms with Crippen LogP contribution in [0.1, 0.15) is 44.2 Å². The molecule has 9 heteroatoms. The lowest BCUT2D eigenvalue weighted by Crippen LogP contribution is -2.45. The second-order valence-corrected chi connectivity index (χ2v) is 9.90. The van der Waals surface area contributed by atoms with Gasteiger partial charge in [-0.1, -0.05) is 30.3 Å². The number of rotatable bonds is 6. The van der Waals surface area contributed by atoms with Crippen molar-refractivity contribution in [2.24, 2.45) is 0 Å². The van der Waals surface area contributed by atoms with E-state index in [2.05, 4.69) is 10.3 Å². The highest BCUT2D eigenvalue weighted by molar-refractivity contribution is 5.89. The average Bonchev–Trinajstić information content (AvgIpc) is 3.41. The number of carbonyl (C=O) groups excluding carboxylic acids is 3. The molecule has 2 atom stereocenters. The minimum Gasteiger partial charge on any atom is -0.445 e. The highest BCUT2D eigenvalue weighted by atomic mass is 19.1. The van der Waals surface area contributed by atoms with Crippen LogP contribution in [-0.4, -0.2) is 52.6 Å². The molecule has 1 aromatic heterocycles. The van der Waals surface area contributed by atoms with Crippen molar-refractivity contribution in [2.45, 2.75) is 51.4 Å². The van der Waals surface area contributed by atoms with E-state index < -0.39 is 29.7 Å². The number of H-pyrrole nitrogens is 1. The molecule has 1 aliphatic rings. The topological polar surface area (TPSA) is 101 Å². The van der Waals surface area contributed by atoms with Gasteiger partial charge in [-0.15, -0.1) is 0 Å². The second-order valence-electron chi connectivity index (χ2n) is 9.90. The van der Waals surface area contributed by atoms with Gasteiger partial charge in [0, 0.05) is 36.0 Å². The molecule has 1 aliphatic heterocycles. The summed E-state index contributed by atoms with van der Waals surface area (Å²) in [5, 5.41) is 3.52.